The number of para-hydroxylation sites is 2. The summed E-state index contributed by atoms with van der Waals surface area (Å²) < 4.78 is 8.36. The third-order valence-electron chi connectivity index (χ3n) is 8.65. The standard InChI is InChI=1S/C42H24N6O3S6/c49-37(33-17-19-35(54-33)39-43-27-5-1-3-7-31(27)56-39)47-41-45-29(21-52-41)23-9-13-25(14-10-23)51-26-15-11-24(12-16-26)30-22-53-42(46-30)48-38(50)34-18-20-36(55-34)40-44-28-6-2-4-8-32(28)57-40/h1-22H,(H,45,47,49)(H,46,48,50). The third kappa shape index (κ3) is 7.51. The topological polar surface area (TPSA) is 119 Å². The molecule has 0 fully saturated rings. The van der Waals surface area contributed by atoms with Crippen molar-refractivity contribution < 1.29 is 14.3 Å². The Morgan fingerprint density at radius 1 is 0.474 bits per heavy atom. The van der Waals surface area contributed by atoms with E-state index in [-0.39, 0.29) is 11.8 Å². The Morgan fingerprint density at radius 3 is 1.35 bits per heavy atom. The number of hydrogen-bond acceptors (Lipinski definition) is 13. The quantitative estimate of drug-likeness (QED) is 0.141. The van der Waals surface area contributed by atoms with E-state index >= 15 is 0 Å². The lowest BCUT2D eigenvalue weighted by molar-refractivity contribution is 0.102. The molecule has 276 valence electrons. The minimum atomic E-state index is -0.199. The number of nitrogens with one attached hydrogen (secondary N) is 2. The van der Waals surface area contributed by atoms with Gasteiger partial charge in [0.25, 0.3) is 11.8 Å². The molecule has 0 aliphatic heterocycles. The highest BCUT2D eigenvalue weighted by Gasteiger charge is 2.17. The van der Waals surface area contributed by atoms with Gasteiger partial charge in [-0.25, -0.2) is 19.9 Å². The van der Waals surface area contributed by atoms with E-state index in [9.17, 15) is 9.59 Å². The Bertz CT molecular complexity index is 2790. The lowest BCUT2D eigenvalue weighted by atomic mass is 10.1. The fourth-order valence-electron chi connectivity index (χ4n) is 5.87. The van der Waals surface area contributed by atoms with Gasteiger partial charge in [0.15, 0.2) is 10.3 Å². The normalized spacial score (nSPS) is 11.3. The summed E-state index contributed by atoms with van der Waals surface area (Å²) >= 11 is 8.82. The van der Waals surface area contributed by atoms with Crippen LogP contribution in [-0.2, 0) is 0 Å². The number of anilines is 2. The first-order chi connectivity index (χ1) is 28.0. The molecule has 57 heavy (non-hydrogen) atoms. The molecule has 10 aromatic rings. The molecule has 0 saturated heterocycles. The van der Waals surface area contributed by atoms with Crippen molar-refractivity contribution in [2.75, 3.05) is 10.6 Å². The Kier molecular flexibility index (Phi) is 9.45. The molecule has 0 unspecified atom stereocenters. The van der Waals surface area contributed by atoms with Crippen LogP contribution in [0.1, 0.15) is 19.3 Å². The van der Waals surface area contributed by atoms with Crippen LogP contribution in [0.3, 0.4) is 0 Å². The minimum Gasteiger partial charge on any atom is -0.457 e. The number of carbonyl (C=O) groups is 2. The van der Waals surface area contributed by atoms with Crippen molar-refractivity contribution in [3.8, 4) is 53.8 Å². The van der Waals surface area contributed by atoms with Gasteiger partial charge in [0, 0.05) is 21.9 Å². The van der Waals surface area contributed by atoms with Crippen molar-refractivity contribution in [3.05, 3.63) is 142 Å². The molecular weight excluding hydrogens is 829 g/mol. The second-order valence-electron chi connectivity index (χ2n) is 12.4. The van der Waals surface area contributed by atoms with Crippen LogP contribution in [0.4, 0.5) is 10.3 Å². The number of nitrogens with zero attached hydrogens (tertiary/aromatic N) is 4. The predicted molar refractivity (Wildman–Crippen MR) is 237 cm³/mol. The Balaban J connectivity index is 0.734. The lowest BCUT2D eigenvalue weighted by Gasteiger charge is -2.07. The van der Waals surface area contributed by atoms with E-state index in [1.54, 1.807) is 22.7 Å². The van der Waals surface area contributed by atoms with Crippen molar-refractivity contribution >= 4 is 111 Å². The molecule has 15 heteroatoms. The van der Waals surface area contributed by atoms with E-state index in [0.717, 1.165) is 62.7 Å². The van der Waals surface area contributed by atoms with Crippen LogP contribution >= 0.6 is 68.0 Å². The number of ether oxygens (including phenoxy) is 1. The highest BCUT2D eigenvalue weighted by molar-refractivity contribution is 7.27. The summed E-state index contributed by atoms with van der Waals surface area (Å²) in [5, 5.41) is 12.6. The van der Waals surface area contributed by atoms with Gasteiger partial charge >= 0.3 is 0 Å². The van der Waals surface area contributed by atoms with Gasteiger partial charge in [-0.05, 0) is 97.1 Å². The predicted octanol–water partition coefficient (Wildman–Crippen LogP) is 12.9. The molecule has 0 atom stereocenters. The molecule has 6 aromatic heterocycles. The van der Waals surface area contributed by atoms with Crippen LogP contribution in [0.5, 0.6) is 11.5 Å². The molecular formula is C42H24N6O3S6. The number of benzene rings is 4. The van der Waals surface area contributed by atoms with Crippen molar-refractivity contribution in [2.45, 2.75) is 0 Å². The zero-order valence-electron chi connectivity index (χ0n) is 29.2. The van der Waals surface area contributed by atoms with E-state index in [1.165, 1.54) is 45.3 Å². The van der Waals surface area contributed by atoms with Gasteiger partial charge in [-0.2, -0.15) is 0 Å². The number of amides is 2. The van der Waals surface area contributed by atoms with Crippen LogP contribution in [0.25, 0.3) is 62.7 Å². The molecule has 4 aromatic carbocycles. The summed E-state index contributed by atoms with van der Waals surface area (Å²) in [5.41, 5.74) is 5.25. The van der Waals surface area contributed by atoms with E-state index in [1.807, 2.05) is 120 Å². The summed E-state index contributed by atoms with van der Waals surface area (Å²) in [7, 11) is 0. The SMILES string of the molecule is O=C(Nc1nc(-c2ccc(Oc3ccc(-c4csc(NC(=O)c5ccc(-c6nc7ccccc7s6)s5)n4)cc3)cc2)cs1)c1ccc(-c2nc3ccccc3s2)s1. The van der Waals surface area contributed by atoms with Gasteiger partial charge in [0.2, 0.25) is 0 Å². The van der Waals surface area contributed by atoms with E-state index < -0.39 is 0 Å². The van der Waals surface area contributed by atoms with Crippen molar-refractivity contribution in [3.63, 3.8) is 0 Å². The van der Waals surface area contributed by atoms with Crippen LogP contribution < -0.4 is 15.4 Å². The first kappa shape index (κ1) is 35.5. The summed E-state index contributed by atoms with van der Waals surface area (Å²) in [6, 6.07) is 38.9. The van der Waals surface area contributed by atoms with E-state index in [4.69, 9.17) is 14.7 Å². The molecule has 2 amide bonds. The fourth-order valence-corrected chi connectivity index (χ4v) is 11.1. The van der Waals surface area contributed by atoms with Gasteiger partial charge in [-0.1, -0.05) is 24.3 Å². The molecule has 6 heterocycles. The van der Waals surface area contributed by atoms with Crippen LogP contribution in [-0.4, -0.2) is 31.8 Å². The summed E-state index contributed by atoms with van der Waals surface area (Å²) in [4.78, 5) is 48.0. The highest BCUT2D eigenvalue weighted by atomic mass is 32.1. The van der Waals surface area contributed by atoms with Crippen molar-refractivity contribution in [1.29, 1.82) is 0 Å². The Labute approximate surface area is 348 Å². The number of fused-ring (bicyclic) bond motifs is 2. The molecule has 0 bridgehead atoms. The largest absolute Gasteiger partial charge is 0.457 e. The number of carbonyl (C=O) groups excluding carboxylic acids is 2. The maximum atomic E-state index is 13.1. The molecule has 0 aliphatic rings. The molecule has 0 saturated carbocycles. The second-order valence-corrected chi connectivity index (χ2v) is 18.4. The number of aromatic nitrogens is 4. The summed E-state index contributed by atoms with van der Waals surface area (Å²) in [6.07, 6.45) is 0. The maximum Gasteiger partial charge on any atom is 0.267 e. The average molecular weight is 853 g/mol. The maximum absolute atomic E-state index is 13.1. The molecule has 10 rings (SSSR count). The van der Waals surface area contributed by atoms with Gasteiger partial charge in [-0.3, -0.25) is 20.2 Å². The number of hydrogen-bond donors (Lipinski definition) is 2. The van der Waals surface area contributed by atoms with Gasteiger partial charge < -0.3 is 4.74 Å². The Hall–Kier alpha value is -5.94. The summed E-state index contributed by atoms with van der Waals surface area (Å²) in [5.74, 6) is 0.955. The van der Waals surface area contributed by atoms with Crippen LogP contribution in [0.15, 0.2) is 132 Å². The van der Waals surface area contributed by atoms with Crippen LogP contribution in [0.2, 0.25) is 0 Å². The zero-order chi connectivity index (χ0) is 38.3. The lowest BCUT2D eigenvalue weighted by Crippen LogP contribution is -2.09. The first-order valence-electron chi connectivity index (χ1n) is 17.3. The van der Waals surface area contributed by atoms with Crippen LogP contribution in [0, 0.1) is 0 Å². The first-order valence-corrected chi connectivity index (χ1v) is 22.3. The van der Waals surface area contributed by atoms with E-state index in [0.29, 0.717) is 31.5 Å². The van der Waals surface area contributed by atoms with Gasteiger partial charge in [0.05, 0.1) is 51.3 Å². The third-order valence-corrected chi connectivity index (χ3v) is 14.7. The average Bonchev–Trinajstić information content (AvgIpc) is 4.09. The monoisotopic (exact) mass is 852 g/mol. The number of rotatable bonds is 10. The van der Waals surface area contributed by atoms with Crippen molar-refractivity contribution in [2.24, 2.45) is 0 Å². The number of thiazole rings is 4. The minimum absolute atomic E-state index is 0.199. The second kappa shape index (κ2) is 15.2. The zero-order valence-corrected chi connectivity index (χ0v) is 34.1. The highest BCUT2D eigenvalue weighted by Crippen LogP contribution is 2.37. The number of thiophene rings is 2. The molecule has 0 radical (unpaired) electrons. The van der Waals surface area contributed by atoms with E-state index in [2.05, 4.69) is 32.7 Å². The Morgan fingerprint density at radius 2 is 0.912 bits per heavy atom. The smallest absolute Gasteiger partial charge is 0.267 e. The fraction of sp³-hybridized carbons (Fsp3) is 0. The van der Waals surface area contributed by atoms with Gasteiger partial charge in [-0.15, -0.1) is 68.0 Å². The van der Waals surface area contributed by atoms with Crippen molar-refractivity contribution in [1.82, 2.24) is 19.9 Å². The molecule has 2 N–H and O–H groups in total. The molecule has 0 spiro atoms. The van der Waals surface area contributed by atoms with Gasteiger partial charge in [0.1, 0.15) is 21.5 Å². The molecule has 9 nitrogen and oxygen atoms in total. The summed E-state index contributed by atoms with van der Waals surface area (Å²) in [6.45, 7) is 0. The molecule has 0 aliphatic carbocycles.